The molecule has 2 rings (SSSR count). The minimum absolute atomic E-state index is 0.253. The third-order valence-electron chi connectivity index (χ3n) is 2.70. The van der Waals surface area contributed by atoms with Gasteiger partial charge in [0.15, 0.2) is 0 Å². The Hall–Kier alpha value is -2.95. The van der Waals surface area contributed by atoms with Crippen LogP contribution in [0, 0.1) is 0 Å². The van der Waals surface area contributed by atoms with Crippen LogP contribution in [0.4, 0.5) is 22.7 Å². The fourth-order valence-electron chi connectivity index (χ4n) is 1.65. The first-order valence-corrected chi connectivity index (χ1v) is 6.04. The molecule has 5 nitrogen and oxygen atoms in total. The van der Waals surface area contributed by atoms with E-state index < -0.39 is 0 Å². The van der Waals surface area contributed by atoms with Gasteiger partial charge in [-0.15, -0.1) is 0 Å². The quantitative estimate of drug-likeness (QED) is 0.505. The van der Waals surface area contributed by atoms with E-state index in [9.17, 15) is 4.79 Å². The Morgan fingerprint density at radius 1 is 0.950 bits per heavy atom. The Balaban J connectivity index is 2.05. The first-order valence-electron chi connectivity index (χ1n) is 6.04. The van der Waals surface area contributed by atoms with E-state index in [0.717, 1.165) is 0 Å². The zero-order valence-electron chi connectivity index (χ0n) is 10.8. The van der Waals surface area contributed by atoms with E-state index >= 15 is 0 Å². The van der Waals surface area contributed by atoms with E-state index in [1.807, 2.05) is 0 Å². The number of nitrogen functional groups attached to an aromatic ring is 3. The number of anilines is 4. The van der Waals surface area contributed by atoms with Crippen LogP contribution in [0.1, 0.15) is 5.56 Å². The normalized spacial score (nSPS) is 10.6. The predicted octanol–water partition coefficient (Wildman–Crippen LogP) is 2.09. The summed E-state index contributed by atoms with van der Waals surface area (Å²) in [7, 11) is 0. The van der Waals surface area contributed by atoms with Crippen LogP contribution in [0.5, 0.6) is 0 Å². The second kappa shape index (κ2) is 5.79. The lowest BCUT2D eigenvalue weighted by Crippen LogP contribution is -2.07. The van der Waals surface area contributed by atoms with Crippen LogP contribution in [0.15, 0.2) is 48.5 Å². The van der Waals surface area contributed by atoms with Crippen LogP contribution in [0.25, 0.3) is 6.08 Å². The van der Waals surface area contributed by atoms with Crippen LogP contribution >= 0.6 is 0 Å². The van der Waals surface area contributed by atoms with Crippen LogP contribution in [-0.4, -0.2) is 5.91 Å². The Morgan fingerprint density at radius 2 is 1.60 bits per heavy atom. The lowest BCUT2D eigenvalue weighted by molar-refractivity contribution is -0.111. The van der Waals surface area contributed by atoms with Crippen molar-refractivity contribution in [2.24, 2.45) is 0 Å². The summed E-state index contributed by atoms with van der Waals surface area (Å²) in [5, 5.41) is 2.72. The van der Waals surface area contributed by atoms with Gasteiger partial charge in [0, 0.05) is 28.8 Å². The molecular weight excluding hydrogens is 252 g/mol. The van der Waals surface area contributed by atoms with Crippen LogP contribution in [0.2, 0.25) is 0 Å². The number of nitrogens with one attached hydrogen (secondary N) is 1. The molecule has 20 heavy (non-hydrogen) atoms. The number of hydrogen-bond acceptors (Lipinski definition) is 4. The lowest BCUT2D eigenvalue weighted by Gasteiger charge is -2.03. The lowest BCUT2D eigenvalue weighted by atomic mass is 10.1. The van der Waals surface area contributed by atoms with Crippen molar-refractivity contribution >= 4 is 34.7 Å². The van der Waals surface area contributed by atoms with Gasteiger partial charge >= 0.3 is 0 Å². The van der Waals surface area contributed by atoms with Gasteiger partial charge in [0.2, 0.25) is 5.91 Å². The summed E-state index contributed by atoms with van der Waals surface area (Å²) in [4.78, 5) is 11.8. The minimum atomic E-state index is -0.253. The van der Waals surface area contributed by atoms with Gasteiger partial charge in [-0.2, -0.15) is 0 Å². The third-order valence-corrected chi connectivity index (χ3v) is 2.70. The Kier molecular flexibility index (Phi) is 3.91. The van der Waals surface area contributed by atoms with Crippen LogP contribution < -0.4 is 22.5 Å². The number of carbonyl (C=O) groups excluding carboxylic acids is 1. The maximum Gasteiger partial charge on any atom is 0.248 e. The molecule has 0 heterocycles. The fourth-order valence-corrected chi connectivity index (χ4v) is 1.65. The van der Waals surface area contributed by atoms with Gasteiger partial charge in [0.1, 0.15) is 0 Å². The smallest absolute Gasteiger partial charge is 0.248 e. The number of rotatable bonds is 3. The number of amides is 1. The van der Waals surface area contributed by atoms with Crippen molar-refractivity contribution < 1.29 is 4.79 Å². The van der Waals surface area contributed by atoms with Crippen molar-refractivity contribution in [2.45, 2.75) is 0 Å². The first-order chi connectivity index (χ1) is 9.54. The number of carbonyl (C=O) groups is 1. The van der Waals surface area contributed by atoms with Gasteiger partial charge in [-0.05, 0) is 54.1 Å². The monoisotopic (exact) mass is 268 g/mol. The molecular formula is C15H16N4O. The SMILES string of the molecule is Nc1ccc(NC(=O)/C=C/c2cc(N)ccc2N)cc1. The molecule has 0 fully saturated rings. The van der Waals surface area contributed by atoms with Crippen molar-refractivity contribution in [1.29, 1.82) is 0 Å². The standard InChI is InChI=1S/C15H16N4O/c16-11-2-5-13(6-3-11)19-15(20)8-1-10-9-12(17)4-7-14(10)18/h1-9H,16-18H2,(H,19,20)/b8-1+. The Labute approximate surface area is 117 Å². The summed E-state index contributed by atoms with van der Waals surface area (Å²) in [6, 6.07) is 12.0. The molecule has 0 atom stereocenters. The molecule has 0 spiro atoms. The molecule has 0 radical (unpaired) electrons. The van der Waals surface area contributed by atoms with Gasteiger partial charge in [0.25, 0.3) is 0 Å². The molecule has 0 saturated carbocycles. The molecule has 0 saturated heterocycles. The van der Waals surface area contributed by atoms with E-state index in [0.29, 0.717) is 28.3 Å². The highest BCUT2D eigenvalue weighted by atomic mass is 16.1. The molecule has 102 valence electrons. The molecule has 2 aromatic carbocycles. The van der Waals surface area contributed by atoms with Gasteiger partial charge < -0.3 is 22.5 Å². The van der Waals surface area contributed by atoms with Crippen LogP contribution in [-0.2, 0) is 4.79 Å². The number of benzene rings is 2. The molecule has 0 bridgehead atoms. The van der Waals surface area contributed by atoms with E-state index in [4.69, 9.17) is 17.2 Å². The molecule has 0 aliphatic rings. The molecule has 0 aliphatic heterocycles. The van der Waals surface area contributed by atoms with E-state index in [1.54, 1.807) is 48.5 Å². The maximum atomic E-state index is 11.8. The Morgan fingerprint density at radius 3 is 2.30 bits per heavy atom. The van der Waals surface area contributed by atoms with Crippen molar-refractivity contribution in [2.75, 3.05) is 22.5 Å². The molecule has 2 aromatic rings. The summed E-state index contributed by atoms with van der Waals surface area (Å²) in [5.74, 6) is -0.253. The zero-order chi connectivity index (χ0) is 14.5. The fraction of sp³-hybridized carbons (Fsp3) is 0. The Bertz CT molecular complexity index is 647. The van der Waals surface area contributed by atoms with E-state index in [1.165, 1.54) is 6.08 Å². The summed E-state index contributed by atoms with van der Waals surface area (Å²) < 4.78 is 0. The summed E-state index contributed by atoms with van der Waals surface area (Å²) in [5.41, 5.74) is 20.2. The molecule has 7 N–H and O–H groups in total. The van der Waals surface area contributed by atoms with Crippen molar-refractivity contribution in [3.63, 3.8) is 0 Å². The largest absolute Gasteiger partial charge is 0.399 e. The van der Waals surface area contributed by atoms with Crippen molar-refractivity contribution in [3.05, 3.63) is 54.1 Å². The summed E-state index contributed by atoms with van der Waals surface area (Å²) >= 11 is 0. The average molecular weight is 268 g/mol. The topological polar surface area (TPSA) is 107 Å². The first kappa shape index (κ1) is 13.5. The van der Waals surface area contributed by atoms with Gasteiger partial charge in [-0.25, -0.2) is 0 Å². The van der Waals surface area contributed by atoms with E-state index in [-0.39, 0.29) is 5.91 Å². The highest BCUT2D eigenvalue weighted by Crippen LogP contribution is 2.17. The molecule has 5 heteroatoms. The minimum Gasteiger partial charge on any atom is -0.399 e. The molecule has 0 aliphatic carbocycles. The third kappa shape index (κ3) is 3.52. The van der Waals surface area contributed by atoms with Gasteiger partial charge in [0.05, 0.1) is 0 Å². The molecule has 1 amide bonds. The predicted molar refractivity (Wildman–Crippen MR) is 83.8 cm³/mol. The van der Waals surface area contributed by atoms with Gasteiger partial charge in [-0.3, -0.25) is 4.79 Å². The molecule has 0 unspecified atom stereocenters. The summed E-state index contributed by atoms with van der Waals surface area (Å²) in [6.45, 7) is 0. The summed E-state index contributed by atoms with van der Waals surface area (Å²) in [6.07, 6.45) is 3.03. The average Bonchev–Trinajstić information content (AvgIpc) is 2.42. The second-order valence-corrected chi connectivity index (χ2v) is 4.33. The van der Waals surface area contributed by atoms with Crippen molar-refractivity contribution in [1.82, 2.24) is 0 Å². The maximum absolute atomic E-state index is 11.8. The highest BCUT2D eigenvalue weighted by molar-refractivity contribution is 6.02. The second-order valence-electron chi connectivity index (χ2n) is 4.33. The molecule has 0 aromatic heterocycles. The van der Waals surface area contributed by atoms with E-state index in [2.05, 4.69) is 5.32 Å². The zero-order valence-corrected chi connectivity index (χ0v) is 10.8. The van der Waals surface area contributed by atoms with Crippen molar-refractivity contribution in [3.8, 4) is 0 Å². The number of nitrogens with two attached hydrogens (primary N) is 3. The van der Waals surface area contributed by atoms with Gasteiger partial charge in [-0.1, -0.05) is 0 Å². The highest BCUT2D eigenvalue weighted by Gasteiger charge is 1.99. The number of hydrogen-bond donors (Lipinski definition) is 4. The van der Waals surface area contributed by atoms with Crippen LogP contribution in [0.3, 0.4) is 0 Å².